The second kappa shape index (κ2) is 18.9. The van der Waals surface area contributed by atoms with Gasteiger partial charge in [-0.05, 0) is 77.3 Å². The Morgan fingerprint density at radius 3 is 2.14 bits per heavy atom. The second-order valence-electron chi connectivity index (χ2n) is 17.5. The summed E-state index contributed by atoms with van der Waals surface area (Å²) >= 11 is 1.77. The molecule has 2 aromatic carbocycles. The van der Waals surface area contributed by atoms with Crippen molar-refractivity contribution in [1.82, 2.24) is 0 Å². The molecule has 5 nitrogen and oxygen atoms in total. The highest BCUT2D eigenvalue weighted by Gasteiger charge is 2.65. The molecule has 0 saturated heterocycles. The van der Waals surface area contributed by atoms with E-state index in [9.17, 15) is 15.8 Å². The number of nitriles is 3. The lowest BCUT2D eigenvalue weighted by Gasteiger charge is -2.38. The first-order valence-corrected chi connectivity index (χ1v) is 24.3. The highest BCUT2D eigenvalue weighted by molar-refractivity contribution is 8.03. The van der Waals surface area contributed by atoms with Gasteiger partial charge in [-0.15, -0.1) is 11.8 Å². The van der Waals surface area contributed by atoms with Crippen molar-refractivity contribution < 1.29 is 17.9 Å². The Bertz CT molecular complexity index is 2100. The monoisotopic (exact) mass is 822 g/mol. The molecule has 306 valence electrons. The van der Waals surface area contributed by atoms with Crippen LogP contribution in [0.1, 0.15) is 85.3 Å². The van der Waals surface area contributed by atoms with E-state index in [4.69, 9.17) is 4.74 Å². The molecule has 0 fully saturated rings. The van der Waals surface area contributed by atoms with Gasteiger partial charge in [-0.1, -0.05) is 134 Å². The van der Waals surface area contributed by atoms with E-state index < -0.39 is 42.3 Å². The van der Waals surface area contributed by atoms with Crippen molar-refractivity contribution in [2.75, 3.05) is 23.7 Å². The van der Waals surface area contributed by atoms with Crippen LogP contribution in [0.4, 0.5) is 18.9 Å². The third-order valence-corrected chi connectivity index (χ3v) is 18.5. The van der Waals surface area contributed by atoms with Crippen LogP contribution in [0.5, 0.6) is 0 Å². The third kappa shape index (κ3) is 10.3. The normalized spacial score (nSPS) is 19.4. The van der Waals surface area contributed by atoms with Gasteiger partial charge >= 0.3 is 6.18 Å². The zero-order valence-electron chi connectivity index (χ0n) is 35.5. The van der Waals surface area contributed by atoms with Crippen LogP contribution in [-0.4, -0.2) is 33.1 Å². The summed E-state index contributed by atoms with van der Waals surface area (Å²) in [5, 5.41) is 29.8. The number of ether oxygens (including phenoxy) is 1. The number of unbranched alkanes of at least 4 members (excludes halogenated alkanes) is 1. The fourth-order valence-electron chi connectivity index (χ4n) is 7.18. The van der Waals surface area contributed by atoms with Crippen molar-refractivity contribution >= 4 is 31.6 Å². The molecule has 2 aromatic rings. The lowest BCUT2D eigenvalue weighted by atomic mass is 9.74. The average molecular weight is 823 g/mol. The van der Waals surface area contributed by atoms with E-state index in [1.165, 1.54) is 47.6 Å². The SMILES string of the molecule is CCCCSC1=C(/C=C/c2ccc(N(CC)CC[Si](C)(C)C(C)(C)C)cc2)CC(C)(C)C/C1=C\C=C\C1=C(C#N)C(=C(C#N)C#N)OC1(c1ccccc1)C(F)(F)F. The van der Waals surface area contributed by atoms with E-state index in [1.807, 2.05) is 12.1 Å². The number of halogens is 3. The average Bonchev–Trinajstić information content (AvgIpc) is 3.51. The minimum absolute atomic E-state index is 0.137. The third-order valence-electron chi connectivity index (χ3n) is 11.7. The molecule has 10 heteroatoms. The van der Waals surface area contributed by atoms with E-state index in [1.54, 1.807) is 36.0 Å². The maximum Gasteiger partial charge on any atom is 0.437 e. The smallest absolute Gasteiger partial charge is 0.437 e. The molecular formula is C48H57F3N4OSSi. The van der Waals surface area contributed by atoms with E-state index in [0.29, 0.717) is 11.5 Å². The largest absolute Gasteiger partial charge is 0.465 e. The molecule has 1 aliphatic carbocycles. The molecular weight excluding hydrogens is 766 g/mol. The maximum atomic E-state index is 15.4. The topological polar surface area (TPSA) is 83.8 Å². The van der Waals surface area contributed by atoms with Crippen LogP contribution in [0.25, 0.3) is 6.08 Å². The van der Waals surface area contributed by atoms with Gasteiger partial charge in [-0.3, -0.25) is 0 Å². The molecule has 0 radical (unpaired) electrons. The van der Waals surface area contributed by atoms with Crippen LogP contribution in [-0.2, 0) is 10.3 Å². The Morgan fingerprint density at radius 2 is 1.59 bits per heavy atom. The summed E-state index contributed by atoms with van der Waals surface area (Å²) in [6.45, 7) is 22.8. The Labute approximate surface area is 350 Å². The lowest BCUT2D eigenvalue weighted by molar-refractivity contribution is -0.249. The number of alkyl halides is 3. The van der Waals surface area contributed by atoms with Gasteiger partial charge in [0.05, 0.1) is 8.07 Å². The van der Waals surface area contributed by atoms with Gasteiger partial charge in [0, 0.05) is 34.8 Å². The zero-order valence-corrected chi connectivity index (χ0v) is 37.3. The molecule has 0 amide bonds. The van der Waals surface area contributed by atoms with Crippen LogP contribution < -0.4 is 4.90 Å². The molecule has 1 atom stereocenters. The van der Waals surface area contributed by atoms with Crippen molar-refractivity contribution in [3.63, 3.8) is 0 Å². The van der Waals surface area contributed by atoms with Crippen LogP contribution in [0.2, 0.25) is 24.2 Å². The minimum atomic E-state index is -5.05. The van der Waals surface area contributed by atoms with Gasteiger partial charge in [-0.25, -0.2) is 0 Å². The number of allylic oxidation sites excluding steroid dienone is 7. The summed E-state index contributed by atoms with van der Waals surface area (Å²) in [5.74, 6) is 0.216. The van der Waals surface area contributed by atoms with Crippen molar-refractivity contribution in [3.05, 3.63) is 129 Å². The van der Waals surface area contributed by atoms with Crippen LogP contribution in [0, 0.1) is 39.4 Å². The molecule has 1 unspecified atom stereocenters. The number of anilines is 1. The van der Waals surface area contributed by atoms with E-state index in [2.05, 4.69) is 103 Å². The Morgan fingerprint density at radius 1 is 0.931 bits per heavy atom. The van der Waals surface area contributed by atoms with Crippen molar-refractivity contribution in [2.45, 2.75) is 110 Å². The maximum absolute atomic E-state index is 15.4. The van der Waals surface area contributed by atoms with Gasteiger partial charge in [0.25, 0.3) is 5.60 Å². The van der Waals surface area contributed by atoms with Crippen molar-refractivity contribution in [2.24, 2.45) is 5.41 Å². The zero-order chi connectivity index (χ0) is 42.9. The number of nitrogens with zero attached hydrogens (tertiary/aromatic N) is 4. The molecule has 1 heterocycles. The molecule has 58 heavy (non-hydrogen) atoms. The van der Waals surface area contributed by atoms with Crippen molar-refractivity contribution in [3.8, 4) is 18.2 Å². The summed E-state index contributed by atoms with van der Waals surface area (Å²) in [5.41, 5.74) is -0.738. The first kappa shape index (κ1) is 46.0. The first-order valence-electron chi connectivity index (χ1n) is 20.1. The van der Waals surface area contributed by atoms with Gasteiger partial charge in [0.2, 0.25) is 0 Å². The van der Waals surface area contributed by atoms with Crippen LogP contribution in [0.15, 0.2) is 117 Å². The first-order chi connectivity index (χ1) is 27.3. The molecule has 0 spiro atoms. The number of hydrogen-bond acceptors (Lipinski definition) is 6. The summed E-state index contributed by atoms with van der Waals surface area (Å²) in [4.78, 5) is 3.56. The molecule has 2 aliphatic rings. The fraction of sp³-hybridized carbons (Fsp3) is 0.438. The summed E-state index contributed by atoms with van der Waals surface area (Å²) in [6, 6.07) is 22.0. The van der Waals surface area contributed by atoms with Gasteiger partial charge in [0.15, 0.2) is 11.3 Å². The number of thioether (sulfide) groups is 1. The second-order valence-corrected chi connectivity index (χ2v) is 24.4. The van der Waals surface area contributed by atoms with E-state index in [0.717, 1.165) is 54.1 Å². The summed E-state index contributed by atoms with van der Waals surface area (Å²) in [7, 11) is -1.41. The van der Waals surface area contributed by atoms with Gasteiger partial charge < -0.3 is 9.64 Å². The number of rotatable bonds is 14. The predicted molar refractivity (Wildman–Crippen MR) is 236 cm³/mol. The molecule has 1 aliphatic heterocycles. The highest BCUT2D eigenvalue weighted by atomic mass is 32.2. The summed E-state index contributed by atoms with van der Waals surface area (Å²) in [6.07, 6.45) is 7.48. The molecule has 0 bridgehead atoms. The van der Waals surface area contributed by atoms with Gasteiger partial charge in [-0.2, -0.15) is 29.0 Å². The molecule has 4 rings (SSSR count). The quantitative estimate of drug-likeness (QED) is 0.107. The standard InChI is InChI=1S/C48H57F3N4OSSi/c1-10-12-28-57-44-36(17-16-20-42-41(34-54)43(38(32-52)33-53)56-47(42,48(49,50)51)39-18-14-13-15-19-39)30-46(6,7)31-37(44)24-21-35-22-25-40(26-23-35)55(11-2)27-29-58(8,9)45(3,4)5/h13-26H,10-12,27-31H2,1-9H3/b20-16+,24-21+,36-17+. The summed E-state index contributed by atoms with van der Waals surface area (Å²) < 4.78 is 51.7. The minimum Gasteiger partial charge on any atom is -0.465 e. The van der Waals surface area contributed by atoms with Crippen LogP contribution >= 0.6 is 11.8 Å². The van der Waals surface area contributed by atoms with E-state index >= 15 is 13.2 Å². The van der Waals surface area contributed by atoms with Crippen LogP contribution in [0.3, 0.4) is 0 Å². The fourth-order valence-corrected chi connectivity index (χ4v) is 10.0. The number of benzene rings is 2. The van der Waals surface area contributed by atoms with E-state index in [-0.39, 0.29) is 11.0 Å². The Hall–Kier alpha value is -4.69. The number of hydrogen-bond donors (Lipinski definition) is 0. The Kier molecular flexibility index (Phi) is 15.0. The molecule has 0 saturated carbocycles. The van der Waals surface area contributed by atoms with Crippen molar-refractivity contribution in [1.29, 1.82) is 15.8 Å². The Balaban J connectivity index is 1.78. The highest BCUT2D eigenvalue weighted by Crippen LogP contribution is 2.56. The van der Waals surface area contributed by atoms with Gasteiger partial charge in [0.1, 0.15) is 23.8 Å². The predicted octanol–water partition coefficient (Wildman–Crippen LogP) is 13.7. The molecule has 0 N–H and O–H groups in total. The molecule has 0 aromatic heterocycles. The lowest BCUT2D eigenvalue weighted by Crippen LogP contribution is -2.43.